The minimum Gasteiger partial charge on any atom is -0.368 e. The summed E-state index contributed by atoms with van der Waals surface area (Å²) >= 11 is 5.94. The fourth-order valence-electron chi connectivity index (χ4n) is 1.58. The van der Waals surface area contributed by atoms with Crippen LogP contribution in [0.5, 0.6) is 0 Å². The highest BCUT2D eigenvalue weighted by Crippen LogP contribution is 2.19. The molecule has 0 atom stereocenters. The van der Waals surface area contributed by atoms with Crippen molar-refractivity contribution in [3.63, 3.8) is 0 Å². The van der Waals surface area contributed by atoms with E-state index in [1.54, 1.807) is 18.2 Å². The highest BCUT2D eigenvalue weighted by Gasteiger charge is 2.05. The Morgan fingerprint density at radius 2 is 2.11 bits per heavy atom. The molecule has 100 valence electrons. The molecule has 2 rings (SSSR count). The van der Waals surface area contributed by atoms with Gasteiger partial charge in [-0.15, -0.1) is 0 Å². The highest BCUT2D eigenvalue weighted by atomic mass is 35.5. The van der Waals surface area contributed by atoms with Gasteiger partial charge in [-0.1, -0.05) is 29.8 Å². The van der Waals surface area contributed by atoms with Gasteiger partial charge in [-0.05, 0) is 18.1 Å². The fourth-order valence-corrected chi connectivity index (χ4v) is 1.74. The van der Waals surface area contributed by atoms with Crippen LogP contribution in [0.1, 0.15) is 5.56 Å². The van der Waals surface area contributed by atoms with E-state index in [-0.39, 0.29) is 11.8 Å². The van der Waals surface area contributed by atoms with Crippen LogP contribution in [0.3, 0.4) is 0 Å². The zero-order valence-electron chi connectivity index (χ0n) is 10.0. The Kier molecular flexibility index (Phi) is 4.48. The number of halogens is 2. The molecule has 0 bridgehead atoms. The molecule has 0 saturated carbocycles. The van der Waals surface area contributed by atoms with Crippen molar-refractivity contribution >= 4 is 23.4 Å². The monoisotopic (exact) mass is 281 g/mol. The molecule has 1 heterocycles. The van der Waals surface area contributed by atoms with Gasteiger partial charge < -0.3 is 5.32 Å². The van der Waals surface area contributed by atoms with Crippen molar-refractivity contribution < 1.29 is 4.39 Å². The number of nitrogen functional groups attached to an aromatic ring is 1. The second-order valence-electron chi connectivity index (χ2n) is 3.80. The van der Waals surface area contributed by atoms with Gasteiger partial charge in [-0.2, -0.15) is 4.98 Å². The Balaban J connectivity index is 1.98. The van der Waals surface area contributed by atoms with E-state index in [1.165, 1.54) is 12.3 Å². The average Bonchev–Trinajstić information content (AvgIpc) is 2.43. The standard InChI is InChI=1S/C12H13ClFN5/c13-9-7-17-12(19-15)18-11(9)16-6-5-8-3-1-2-4-10(8)14/h1-4,7H,5-6,15H2,(H2,16,17,18,19). The number of hydrogen-bond donors (Lipinski definition) is 3. The van der Waals surface area contributed by atoms with Crippen molar-refractivity contribution in [3.05, 3.63) is 46.9 Å². The molecule has 0 unspecified atom stereocenters. The normalized spacial score (nSPS) is 10.3. The zero-order valence-corrected chi connectivity index (χ0v) is 10.8. The van der Waals surface area contributed by atoms with Gasteiger partial charge >= 0.3 is 0 Å². The molecule has 0 radical (unpaired) electrons. The van der Waals surface area contributed by atoms with Crippen LogP contribution in [0.25, 0.3) is 0 Å². The maximum absolute atomic E-state index is 13.4. The third kappa shape index (κ3) is 3.52. The van der Waals surface area contributed by atoms with Crippen LogP contribution in [0, 0.1) is 5.82 Å². The van der Waals surface area contributed by atoms with Crippen molar-refractivity contribution in [2.24, 2.45) is 5.84 Å². The molecule has 4 N–H and O–H groups in total. The lowest BCUT2D eigenvalue weighted by molar-refractivity contribution is 0.610. The first-order valence-electron chi connectivity index (χ1n) is 5.67. The third-order valence-electron chi connectivity index (χ3n) is 2.52. The van der Waals surface area contributed by atoms with E-state index >= 15 is 0 Å². The molecule has 1 aromatic heterocycles. The summed E-state index contributed by atoms with van der Waals surface area (Å²) in [6, 6.07) is 6.63. The van der Waals surface area contributed by atoms with Crippen LogP contribution in [0.4, 0.5) is 16.2 Å². The predicted octanol–water partition coefficient (Wildman–Crippen LogP) is 2.21. The first-order valence-corrected chi connectivity index (χ1v) is 6.05. The van der Waals surface area contributed by atoms with Crippen LogP contribution < -0.4 is 16.6 Å². The molecule has 7 heteroatoms. The van der Waals surface area contributed by atoms with Crippen molar-refractivity contribution in [3.8, 4) is 0 Å². The summed E-state index contributed by atoms with van der Waals surface area (Å²) in [5.41, 5.74) is 2.97. The van der Waals surface area contributed by atoms with Gasteiger partial charge in [0.15, 0.2) is 5.82 Å². The molecule has 0 aliphatic carbocycles. The van der Waals surface area contributed by atoms with Gasteiger partial charge in [-0.3, -0.25) is 5.43 Å². The number of nitrogens with zero attached hydrogens (tertiary/aromatic N) is 2. The number of rotatable bonds is 5. The molecule has 0 amide bonds. The Morgan fingerprint density at radius 1 is 1.32 bits per heavy atom. The summed E-state index contributed by atoms with van der Waals surface area (Å²) < 4.78 is 13.4. The van der Waals surface area contributed by atoms with E-state index in [0.717, 1.165) is 0 Å². The average molecular weight is 282 g/mol. The molecule has 0 spiro atoms. The van der Waals surface area contributed by atoms with E-state index in [0.29, 0.717) is 29.4 Å². The number of hydrazine groups is 1. The lowest BCUT2D eigenvalue weighted by Gasteiger charge is -2.08. The minimum absolute atomic E-state index is 0.220. The summed E-state index contributed by atoms with van der Waals surface area (Å²) in [5.74, 6) is 5.71. The molecule has 1 aromatic carbocycles. The van der Waals surface area contributed by atoms with Gasteiger partial charge in [0, 0.05) is 6.54 Å². The second kappa shape index (κ2) is 6.31. The number of anilines is 2. The summed E-state index contributed by atoms with van der Waals surface area (Å²) in [4.78, 5) is 7.92. The number of hydrogen-bond acceptors (Lipinski definition) is 5. The molecule has 0 aliphatic heterocycles. The molecule has 5 nitrogen and oxygen atoms in total. The Labute approximate surface area is 115 Å². The maximum atomic E-state index is 13.4. The Morgan fingerprint density at radius 3 is 2.84 bits per heavy atom. The number of benzene rings is 1. The first kappa shape index (κ1) is 13.5. The van der Waals surface area contributed by atoms with E-state index in [4.69, 9.17) is 17.4 Å². The van der Waals surface area contributed by atoms with E-state index < -0.39 is 0 Å². The van der Waals surface area contributed by atoms with Gasteiger partial charge in [0.25, 0.3) is 0 Å². The van der Waals surface area contributed by atoms with E-state index in [2.05, 4.69) is 20.7 Å². The minimum atomic E-state index is -0.220. The van der Waals surface area contributed by atoms with Gasteiger partial charge in [0.2, 0.25) is 5.95 Å². The Bertz CT molecular complexity index is 564. The van der Waals surface area contributed by atoms with Crippen LogP contribution in [-0.2, 0) is 6.42 Å². The van der Waals surface area contributed by atoms with Crippen LogP contribution in [0.15, 0.2) is 30.5 Å². The molecule has 19 heavy (non-hydrogen) atoms. The summed E-state index contributed by atoms with van der Waals surface area (Å²) in [6.45, 7) is 0.502. The molecule has 0 fully saturated rings. The van der Waals surface area contributed by atoms with Gasteiger partial charge in [0.05, 0.1) is 6.20 Å². The quantitative estimate of drug-likeness (QED) is 0.579. The zero-order chi connectivity index (χ0) is 13.7. The SMILES string of the molecule is NNc1ncc(Cl)c(NCCc2ccccc2F)n1. The van der Waals surface area contributed by atoms with Crippen molar-refractivity contribution in [2.75, 3.05) is 17.3 Å². The van der Waals surface area contributed by atoms with Crippen molar-refractivity contribution in [2.45, 2.75) is 6.42 Å². The lowest BCUT2D eigenvalue weighted by Crippen LogP contribution is -2.13. The number of nitrogens with one attached hydrogen (secondary N) is 2. The first-order chi connectivity index (χ1) is 9.20. The summed E-state index contributed by atoms with van der Waals surface area (Å²) in [6.07, 6.45) is 1.97. The second-order valence-corrected chi connectivity index (χ2v) is 4.21. The van der Waals surface area contributed by atoms with Crippen LogP contribution >= 0.6 is 11.6 Å². The fraction of sp³-hybridized carbons (Fsp3) is 0.167. The van der Waals surface area contributed by atoms with Gasteiger partial charge in [0.1, 0.15) is 10.8 Å². The molecular weight excluding hydrogens is 269 g/mol. The maximum Gasteiger partial charge on any atom is 0.239 e. The molecule has 0 saturated heterocycles. The largest absolute Gasteiger partial charge is 0.368 e. The molecule has 2 aromatic rings. The van der Waals surface area contributed by atoms with Gasteiger partial charge in [-0.25, -0.2) is 15.2 Å². The third-order valence-corrected chi connectivity index (χ3v) is 2.79. The molecule has 0 aliphatic rings. The van der Waals surface area contributed by atoms with Crippen LogP contribution in [-0.4, -0.2) is 16.5 Å². The van der Waals surface area contributed by atoms with E-state index in [9.17, 15) is 4.39 Å². The molecular formula is C12H13ClFN5. The summed E-state index contributed by atoms with van der Waals surface area (Å²) in [5, 5.41) is 3.40. The number of nitrogens with two attached hydrogens (primary N) is 1. The smallest absolute Gasteiger partial charge is 0.239 e. The highest BCUT2D eigenvalue weighted by molar-refractivity contribution is 6.32. The lowest BCUT2D eigenvalue weighted by atomic mass is 10.1. The number of aromatic nitrogens is 2. The van der Waals surface area contributed by atoms with Crippen molar-refractivity contribution in [1.82, 2.24) is 9.97 Å². The Hall–Kier alpha value is -1.92. The van der Waals surface area contributed by atoms with E-state index in [1.807, 2.05) is 0 Å². The topological polar surface area (TPSA) is 75.9 Å². The predicted molar refractivity (Wildman–Crippen MR) is 73.4 cm³/mol. The van der Waals surface area contributed by atoms with Crippen molar-refractivity contribution in [1.29, 1.82) is 0 Å². The van der Waals surface area contributed by atoms with Crippen LogP contribution in [0.2, 0.25) is 5.02 Å². The summed E-state index contributed by atoms with van der Waals surface area (Å²) in [7, 11) is 0.